The fourth-order valence-electron chi connectivity index (χ4n) is 2.35. The zero-order valence-electron chi connectivity index (χ0n) is 11.2. The molecule has 100 valence electrons. The van der Waals surface area contributed by atoms with E-state index in [0.29, 0.717) is 30.5 Å². The molecule has 1 aliphatic heterocycles. The van der Waals surface area contributed by atoms with Gasteiger partial charge in [-0.25, -0.2) is 0 Å². The Hall–Kier alpha value is -1.97. The van der Waals surface area contributed by atoms with Crippen LogP contribution in [0.3, 0.4) is 0 Å². The molecule has 0 bridgehead atoms. The van der Waals surface area contributed by atoms with E-state index in [1.165, 1.54) is 0 Å². The molecule has 1 N–H and O–H groups in total. The van der Waals surface area contributed by atoms with Crippen molar-refractivity contribution in [2.45, 2.75) is 39.5 Å². The first-order chi connectivity index (χ1) is 8.99. The van der Waals surface area contributed by atoms with E-state index in [4.69, 9.17) is 0 Å². The van der Waals surface area contributed by atoms with Crippen molar-refractivity contribution in [1.29, 1.82) is 0 Å². The zero-order chi connectivity index (χ0) is 14.0. The van der Waals surface area contributed by atoms with Crippen LogP contribution in [0.15, 0.2) is 12.1 Å². The number of Topliss-reactive ketones (excluding diaryl/α,β-unsaturated/α-hetero) is 2. The molecule has 1 aliphatic rings. The highest BCUT2D eigenvalue weighted by Crippen LogP contribution is 2.25. The third kappa shape index (κ3) is 2.89. The molecule has 4 nitrogen and oxygen atoms in total. The van der Waals surface area contributed by atoms with E-state index in [0.717, 1.165) is 11.1 Å². The van der Waals surface area contributed by atoms with E-state index in [1.807, 2.05) is 19.9 Å². The summed E-state index contributed by atoms with van der Waals surface area (Å²) < 4.78 is 0. The van der Waals surface area contributed by atoms with Gasteiger partial charge in [-0.3, -0.25) is 14.4 Å². The molecule has 0 saturated carbocycles. The molecule has 0 aromatic heterocycles. The zero-order valence-corrected chi connectivity index (χ0v) is 11.2. The predicted octanol–water partition coefficient (Wildman–Crippen LogP) is 2.57. The molecule has 19 heavy (non-hydrogen) atoms. The van der Waals surface area contributed by atoms with Crippen molar-refractivity contribution in [1.82, 2.24) is 0 Å². The van der Waals surface area contributed by atoms with Gasteiger partial charge < -0.3 is 5.32 Å². The van der Waals surface area contributed by atoms with Crippen LogP contribution in [0.5, 0.6) is 0 Å². The van der Waals surface area contributed by atoms with Gasteiger partial charge in [-0.1, -0.05) is 6.07 Å². The van der Waals surface area contributed by atoms with Crippen LogP contribution in [-0.2, 0) is 9.59 Å². The Balaban J connectivity index is 2.54. The standard InChI is InChI=1S/C15H17NO3/c1-9-7-10(2)14-11(8-9)15(19)12(17)5-3-4-6-13(18)16-14/h7-8H,3-6H2,1-2H3,(H,16,18). The topological polar surface area (TPSA) is 63.2 Å². The molecule has 4 heteroatoms. The largest absolute Gasteiger partial charge is 0.325 e. The molecule has 1 heterocycles. The normalized spacial score (nSPS) is 16.8. The third-order valence-corrected chi connectivity index (χ3v) is 3.30. The Bertz CT molecular complexity index is 561. The minimum atomic E-state index is -0.496. The summed E-state index contributed by atoms with van der Waals surface area (Å²) in [6, 6.07) is 3.56. The Kier molecular flexibility index (Phi) is 3.79. The van der Waals surface area contributed by atoms with Crippen LogP contribution in [0.4, 0.5) is 5.69 Å². The highest BCUT2D eigenvalue weighted by molar-refractivity contribution is 6.45. The second-order valence-corrected chi connectivity index (χ2v) is 5.01. The number of amides is 1. The molecule has 1 aromatic rings. The van der Waals surface area contributed by atoms with Crippen molar-refractivity contribution in [2.24, 2.45) is 0 Å². The summed E-state index contributed by atoms with van der Waals surface area (Å²) in [4.78, 5) is 35.8. The first-order valence-corrected chi connectivity index (χ1v) is 6.47. The number of hydrogen-bond donors (Lipinski definition) is 1. The molecule has 2 rings (SSSR count). The lowest BCUT2D eigenvalue weighted by atomic mass is 9.95. The number of carbonyl (C=O) groups excluding carboxylic acids is 3. The van der Waals surface area contributed by atoms with Crippen molar-refractivity contribution < 1.29 is 14.4 Å². The summed E-state index contributed by atoms with van der Waals surface area (Å²) in [5.74, 6) is -0.971. The molecule has 0 aliphatic carbocycles. The second-order valence-electron chi connectivity index (χ2n) is 5.01. The van der Waals surface area contributed by atoms with E-state index in [-0.39, 0.29) is 18.1 Å². The van der Waals surface area contributed by atoms with Gasteiger partial charge in [-0.2, -0.15) is 0 Å². The molecule has 0 atom stereocenters. The van der Waals surface area contributed by atoms with Crippen LogP contribution < -0.4 is 5.32 Å². The number of anilines is 1. The number of benzene rings is 1. The number of carbonyl (C=O) groups is 3. The minimum Gasteiger partial charge on any atom is -0.325 e. The van der Waals surface area contributed by atoms with Crippen molar-refractivity contribution in [3.05, 3.63) is 28.8 Å². The van der Waals surface area contributed by atoms with Crippen LogP contribution in [0.2, 0.25) is 0 Å². The first kappa shape index (κ1) is 13.5. The van der Waals surface area contributed by atoms with Gasteiger partial charge in [0.2, 0.25) is 17.5 Å². The van der Waals surface area contributed by atoms with Gasteiger partial charge in [0.15, 0.2) is 0 Å². The lowest BCUT2D eigenvalue weighted by Crippen LogP contribution is -2.21. The van der Waals surface area contributed by atoms with Gasteiger partial charge in [-0.05, 0) is 43.9 Å². The van der Waals surface area contributed by atoms with Gasteiger partial charge >= 0.3 is 0 Å². The lowest BCUT2D eigenvalue weighted by molar-refractivity contribution is -0.117. The van der Waals surface area contributed by atoms with Crippen molar-refractivity contribution >= 4 is 23.2 Å². The number of rotatable bonds is 0. The van der Waals surface area contributed by atoms with Crippen molar-refractivity contribution in [2.75, 3.05) is 5.32 Å². The van der Waals surface area contributed by atoms with Crippen LogP contribution in [-0.4, -0.2) is 17.5 Å². The molecule has 0 fully saturated rings. The Morgan fingerprint density at radius 2 is 1.68 bits per heavy atom. The van der Waals surface area contributed by atoms with Crippen molar-refractivity contribution in [3.63, 3.8) is 0 Å². The molecule has 0 spiro atoms. The Morgan fingerprint density at radius 1 is 1.00 bits per heavy atom. The maximum Gasteiger partial charge on any atom is 0.230 e. The van der Waals surface area contributed by atoms with E-state index in [9.17, 15) is 14.4 Å². The fraction of sp³-hybridized carbons (Fsp3) is 0.400. The highest BCUT2D eigenvalue weighted by Gasteiger charge is 2.23. The molecular formula is C15H17NO3. The minimum absolute atomic E-state index is 0.102. The van der Waals surface area contributed by atoms with Crippen molar-refractivity contribution in [3.8, 4) is 0 Å². The average molecular weight is 259 g/mol. The molecule has 0 radical (unpaired) electrons. The number of nitrogens with one attached hydrogen (secondary N) is 1. The second kappa shape index (κ2) is 5.34. The Labute approximate surface area is 112 Å². The number of aryl methyl sites for hydroxylation is 2. The number of hydrogen-bond acceptors (Lipinski definition) is 3. The molecule has 0 saturated heterocycles. The highest BCUT2D eigenvalue weighted by atomic mass is 16.2. The fourth-order valence-corrected chi connectivity index (χ4v) is 2.35. The summed E-state index contributed by atoms with van der Waals surface area (Å²) in [6.07, 6.45) is 1.82. The van der Waals surface area contributed by atoms with E-state index in [2.05, 4.69) is 5.32 Å². The first-order valence-electron chi connectivity index (χ1n) is 6.47. The summed E-state index contributed by atoms with van der Waals surface area (Å²) >= 11 is 0. The smallest absolute Gasteiger partial charge is 0.230 e. The van der Waals surface area contributed by atoms with E-state index >= 15 is 0 Å². The van der Waals surface area contributed by atoms with Crippen LogP contribution in [0.1, 0.15) is 47.2 Å². The molecule has 1 aromatic carbocycles. The quantitative estimate of drug-likeness (QED) is 0.728. The van der Waals surface area contributed by atoms with Crippen LogP contribution in [0, 0.1) is 13.8 Å². The molecule has 1 amide bonds. The monoisotopic (exact) mass is 259 g/mol. The summed E-state index contributed by atoms with van der Waals surface area (Å²) in [5.41, 5.74) is 2.52. The SMILES string of the molecule is Cc1cc(C)c2c(c1)C(=O)C(=O)CCCCC(=O)N2. The van der Waals surface area contributed by atoms with Gasteiger partial charge in [0, 0.05) is 18.4 Å². The Morgan fingerprint density at radius 3 is 2.42 bits per heavy atom. The lowest BCUT2D eigenvalue weighted by Gasteiger charge is -2.15. The summed E-state index contributed by atoms with van der Waals surface area (Å²) in [7, 11) is 0. The summed E-state index contributed by atoms with van der Waals surface area (Å²) in [6.45, 7) is 3.70. The average Bonchev–Trinajstić information content (AvgIpc) is 2.35. The van der Waals surface area contributed by atoms with Gasteiger partial charge in [0.1, 0.15) is 0 Å². The third-order valence-electron chi connectivity index (χ3n) is 3.30. The van der Waals surface area contributed by atoms with Gasteiger partial charge in [0.25, 0.3) is 0 Å². The van der Waals surface area contributed by atoms with Gasteiger partial charge in [-0.15, -0.1) is 0 Å². The number of ketones is 2. The maximum atomic E-state index is 12.2. The van der Waals surface area contributed by atoms with Crippen LogP contribution in [0.25, 0.3) is 0 Å². The van der Waals surface area contributed by atoms with E-state index in [1.54, 1.807) is 6.07 Å². The predicted molar refractivity (Wildman–Crippen MR) is 72.4 cm³/mol. The summed E-state index contributed by atoms with van der Waals surface area (Å²) in [5, 5.41) is 2.76. The molecular weight excluding hydrogens is 242 g/mol. The van der Waals surface area contributed by atoms with Crippen LogP contribution >= 0.6 is 0 Å². The van der Waals surface area contributed by atoms with Gasteiger partial charge in [0.05, 0.1) is 5.69 Å². The van der Waals surface area contributed by atoms with E-state index < -0.39 is 5.78 Å². The molecule has 0 unspecified atom stereocenters. The number of fused-ring (bicyclic) bond motifs is 1. The maximum absolute atomic E-state index is 12.2.